The van der Waals surface area contributed by atoms with E-state index in [1.807, 2.05) is 6.07 Å². The van der Waals surface area contributed by atoms with E-state index in [1.54, 1.807) is 32.5 Å². The molecule has 0 atom stereocenters. The van der Waals surface area contributed by atoms with Crippen molar-refractivity contribution >= 4 is 5.97 Å². The van der Waals surface area contributed by atoms with E-state index in [1.165, 1.54) is 0 Å². The number of aromatic amines is 1. The minimum atomic E-state index is -0.928. The average molecular weight is 262 g/mol. The molecule has 0 spiro atoms. The number of ether oxygens (including phenoxy) is 2. The van der Waals surface area contributed by atoms with Crippen LogP contribution in [0.5, 0.6) is 11.5 Å². The molecule has 0 aliphatic rings. The zero-order chi connectivity index (χ0) is 13.8. The molecule has 1 aromatic heterocycles. The molecule has 0 aliphatic carbocycles. The lowest BCUT2D eigenvalue weighted by Gasteiger charge is -2.08. The quantitative estimate of drug-likeness (QED) is 0.857. The van der Waals surface area contributed by atoms with E-state index in [-0.39, 0.29) is 6.42 Å². The van der Waals surface area contributed by atoms with Crippen molar-refractivity contribution in [2.75, 3.05) is 14.2 Å². The summed E-state index contributed by atoms with van der Waals surface area (Å²) < 4.78 is 10.4. The molecule has 100 valence electrons. The van der Waals surface area contributed by atoms with Gasteiger partial charge in [-0.05, 0) is 12.1 Å². The predicted octanol–water partition coefficient (Wildman–Crippen LogP) is 1.72. The van der Waals surface area contributed by atoms with Gasteiger partial charge in [0.15, 0.2) is 0 Å². The first-order valence-corrected chi connectivity index (χ1v) is 5.62. The molecule has 0 bridgehead atoms. The summed E-state index contributed by atoms with van der Waals surface area (Å²) in [5, 5.41) is 8.71. The second-order valence-electron chi connectivity index (χ2n) is 3.88. The highest BCUT2D eigenvalue weighted by Crippen LogP contribution is 2.32. The van der Waals surface area contributed by atoms with Gasteiger partial charge in [-0.3, -0.25) is 4.79 Å². The monoisotopic (exact) mass is 262 g/mol. The van der Waals surface area contributed by atoms with Gasteiger partial charge in [0.05, 0.1) is 26.1 Å². The van der Waals surface area contributed by atoms with Crippen LogP contribution < -0.4 is 9.47 Å². The molecular weight excluding hydrogens is 248 g/mol. The SMILES string of the molecule is COc1ccc(-c2cnc(CC(=O)O)[nH]2)c(OC)c1. The fourth-order valence-electron chi connectivity index (χ4n) is 1.75. The largest absolute Gasteiger partial charge is 0.497 e. The maximum absolute atomic E-state index is 10.6. The van der Waals surface area contributed by atoms with Gasteiger partial charge in [0, 0.05) is 11.6 Å². The lowest BCUT2D eigenvalue weighted by Crippen LogP contribution is -2.01. The zero-order valence-corrected chi connectivity index (χ0v) is 10.6. The molecule has 1 aromatic carbocycles. The second-order valence-corrected chi connectivity index (χ2v) is 3.88. The number of aromatic nitrogens is 2. The smallest absolute Gasteiger partial charge is 0.311 e. The number of hydrogen-bond acceptors (Lipinski definition) is 4. The molecule has 0 saturated heterocycles. The number of nitrogens with zero attached hydrogens (tertiary/aromatic N) is 1. The minimum Gasteiger partial charge on any atom is -0.497 e. The lowest BCUT2D eigenvalue weighted by atomic mass is 10.1. The number of imidazole rings is 1. The number of aliphatic carboxylic acids is 1. The molecule has 0 saturated carbocycles. The number of nitrogens with one attached hydrogen (secondary N) is 1. The Balaban J connectivity index is 2.35. The molecular formula is C13H14N2O4. The summed E-state index contributed by atoms with van der Waals surface area (Å²) in [6.45, 7) is 0. The van der Waals surface area contributed by atoms with Gasteiger partial charge in [-0.15, -0.1) is 0 Å². The number of carboxylic acid groups (broad SMARTS) is 1. The first-order valence-electron chi connectivity index (χ1n) is 5.62. The molecule has 2 N–H and O–H groups in total. The van der Waals surface area contributed by atoms with E-state index in [2.05, 4.69) is 9.97 Å². The number of carboxylic acids is 1. The van der Waals surface area contributed by atoms with Crippen LogP contribution in [0, 0.1) is 0 Å². The van der Waals surface area contributed by atoms with E-state index < -0.39 is 5.97 Å². The maximum Gasteiger partial charge on any atom is 0.311 e. The van der Waals surface area contributed by atoms with Crippen LogP contribution in [0.15, 0.2) is 24.4 Å². The van der Waals surface area contributed by atoms with Gasteiger partial charge >= 0.3 is 5.97 Å². The first kappa shape index (κ1) is 12.9. The molecule has 0 aliphatic heterocycles. The second kappa shape index (κ2) is 5.43. The van der Waals surface area contributed by atoms with E-state index in [0.29, 0.717) is 23.0 Å². The number of rotatable bonds is 5. The maximum atomic E-state index is 10.6. The Morgan fingerprint density at radius 1 is 1.37 bits per heavy atom. The summed E-state index contributed by atoms with van der Waals surface area (Å²) in [4.78, 5) is 17.6. The molecule has 0 radical (unpaired) electrons. The molecule has 0 amide bonds. The van der Waals surface area contributed by atoms with Crippen molar-refractivity contribution in [3.05, 3.63) is 30.2 Å². The first-order chi connectivity index (χ1) is 9.13. The van der Waals surface area contributed by atoms with Crippen molar-refractivity contribution in [2.45, 2.75) is 6.42 Å². The molecule has 6 nitrogen and oxygen atoms in total. The van der Waals surface area contributed by atoms with Crippen molar-refractivity contribution in [2.24, 2.45) is 0 Å². The third-order valence-electron chi connectivity index (χ3n) is 2.65. The van der Waals surface area contributed by atoms with Crippen LogP contribution in [-0.2, 0) is 11.2 Å². The van der Waals surface area contributed by atoms with Crippen molar-refractivity contribution in [1.29, 1.82) is 0 Å². The standard InChI is InChI=1S/C13H14N2O4/c1-18-8-3-4-9(11(5-8)19-2)10-7-14-12(15-10)6-13(16)17/h3-5,7H,6H2,1-2H3,(H,14,15)(H,16,17). The van der Waals surface area contributed by atoms with Crippen LogP contribution in [-0.4, -0.2) is 35.3 Å². The summed E-state index contributed by atoms with van der Waals surface area (Å²) in [5.41, 5.74) is 1.50. The normalized spacial score (nSPS) is 10.2. The van der Waals surface area contributed by atoms with Crippen LogP contribution in [0.25, 0.3) is 11.3 Å². The molecule has 19 heavy (non-hydrogen) atoms. The number of carbonyl (C=O) groups is 1. The van der Waals surface area contributed by atoms with Crippen LogP contribution in [0.1, 0.15) is 5.82 Å². The Hall–Kier alpha value is -2.50. The topological polar surface area (TPSA) is 84.4 Å². The predicted molar refractivity (Wildman–Crippen MR) is 68.5 cm³/mol. The Morgan fingerprint density at radius 3 is 2.79 bits per heavy atom. The van der Waals surface area contributed by atoms with E-state index in [4.69, 9.17) is 14.6 Å². The van der Waals surface area contributed by atoms with E-state index in [9.17, 15) is 4.79 Å². The minimum absolute atomic E-state index is 0.140. The molecule has 0 fully saturated rings. The zero-order valence-electron chi connectivity index (χ0n) is 10.6. The Morgan fingerprint density at radius 2 is 2.16 bits per heavy atom. The van der Waals surface area contributed by atoms with Gasteiger partial charge < -0.3 is 19.6 Å². The third kappa shape index (κ3) is 2.85. The summed E-state index contributed by atoms with van der Waals surface area (Å²) >= 11 is 0. The van der Waals surface area contributed by atoms with Crippen molar-refractivity contribution in [1.82, 2.24) is 9.97 Å². The van der Waals surface area contributed by atoms with Crippen LogP contribution in [0.4, 0.5) is 0 Å². The molecule has 6 heteroatoms. The number of methoxy groups -OCH3 is 2. The van der Waals surface area contributed by atoms with Gasteiger partial charge in [-0.1, -0.05) is 0 Å². The number of hydrogen-bond donors (Lipinski definition) is 2. The molecule has 0 unspecified atom stereocenters. The third-order valence-corrected chi connectivity index (χ3v) is 2.65. The number of H-pyrrole nitrogens is 1. The van der Waals surface area contributed by atoms with Crippen LogP contribution >= 0.6 is 0 Å². The van der Waals surface area contributed by atoms with Crippen LogP contribution in [0.3, 0.4) is 0 Å². The highest BCUT2D eigenvalue weighted by atomic mass is 16.5. The summed E-state index contributed by atoms with van der Waals surface area (Å²) in [6.07, 6.45) is 1.45. The lowest BCUT2D eigenvalue weighted by molar-refractivity contribution is -0.136. The number of benzene rings is 1. The van der Waals surface area contributed by atoms with Crippen molar-refractivity contribution in [3.8, 4) is 22.8 Å². The fourth-order valence-corrected chi connectivity index (χ4v) is 1.75. The Kier molecular flexibility index (Phi) is 3.70. The van der Waals surface area contributed by atoms with Crippen LogP contribution in [0.2, 0.25) is 0 Å². The summed E-state index contributed by atoms with van der Waals surface area (Å²) in [5.74, 6) is 0.790. The van der Waals surface area contributed by atoms with E-state index in [0.717, 1.165) is 5.56 Å². The highest BCUT2D eigenvalue weighted by molar-refractivity contribution is 5.71. The summed E-state index contributed by atoms with van der Waals surface area (Å²) in [7, 11) is 3.14. The van der Waals surface area contributed by atoms with Gasteiger partial charge in [0.2, 0.25) is 0 Å². The van der Waals surface area contributed by atoms with Crippen molar-refractivity contribution < 1.29 is 19.4 Å². The van der Waals surface area contributed by atoms with E-state index >= 15 is 0 Å². The molecule has 2 rings (SSSR count). The Bertz CT molecular complexity index is 592. The fraction of sp³-hybridized carbons (Fsp3) is 0.231. The van der Waals surface area contributed by atoms with Gasteiger partial charge in [0.25, 0.3) is 0 Å². The highest BCUT2D eigenvalue weighted by Gasteiger charge is 2.11. The average Bonchev–Trinajstić information content (AvgIpc) is 2.85. The summed E-state index contributed by atoms with van der Waals surface area (Å²) in [6, 6.07) is 5.39. The van der Waals surface area contributed by atoms with Gasteiger partial charge in [-0.2, -0.15) is 0 Å². The molecule has 2 aromatic rings. The van der Waals surface area contributed by atoms with Crippen molar-refractivity contribution in [3.63, 3.8) is 0 Å². The molecule has 1 heterocycles. The Labute approximate surface area is 110 Å². The van der Waals surface area contributed by atoms with Gasteiger partial charge in [0.1, 0.15) is 23.7 Å². The van der Waals surface area contributed by atoms with Gasteiger partial charge in [-0.25, -0.2) is 4.98 Å².